The first-order valence-electron chi connectivity index (χ1n) is 13.0. The molecule has 1 aliphatic rings. The van der Waals surface area contributed by atoms with E-state index in [9.17, 15) is 27.6 Å². The summed E-state index contributed by atoms with van der Waals surface area (Å²) in [6, 6.07) is 8.16. The molecule has 0 spiro atoms. The van der Waals surface area contributed by atoms with Crippen molar-refractivity contribution in [2.45, 2.75) is 44.7 Å². The van der Waals surface area contributed by atoms with Gasteiger partial charge in [0.05, 0.1) is 33.5 Å². The van der Waals surface area contributed by atoms with Crippen molar-refractivity contribution in [3.05, 3.63) is 87.1 Å². The molecule has 41 heavy (non-hydrogen) atoms. The summed E-state index contributed by atoms with van der Waals surface area (Å²) >= 11 is 5.87. The largest absolute Gasteiger partial charge is 0.354 e. The molecule has 1 saturated carbocycles. The summed E-state index contributed by atoms with van der Waals surface area (Å²) in [5, 5.41) is 5.38. The van der Waals surface area contributed by atoms with Gasteiger partial charge in [-0.2, -0.15) is 0 Å². The Bertz CT molecular complexity index is 1660. The third kappa shape index (κ3) is 5.83. The fraction of sp³-hybridized carbons (Fsp3) is 0.321. The van der Waals surface area contributed by atoms with Gasteiger partial charge in [0.1, 0.15) is 17.2 Å². The van der Waals surface area contributed by atoms with Gasteiger partial charge in [0.25, 0.3) is 18.2 Å². The van der Waals surface area contributed by atoms with Crippen LogP contribution in [0.5, 0.6) is 0 Å². The van der Waals surface area contributed by atoms with Crippen LogP contribution in [0.15, 0.2) is 53.6 Å². The molecule has 3 heterocycles. The van der Waals surface area contributed by atoms with Crippen LogP contribution in [0.25, 0.3) is 16.7 Å². The van der Waals surface area contributed by atoms with Gasteiger partial charge in [0, 0.05) is 25.8 Å². The number of rotatable bonds is 7. The predicted octanol–water partition coefficient (Wildman–Crippen LogP) is 4.66. The van der Waals surface area contributed by atoms with Crippen LogP contribution in [0.1, 0.15) is 58.6 Å². The predicted molar refractivity (Wildman–Crippen MR) is 146 cm³/mol. The van der Waals surface area contributed by atoms with E-state index in [1.807, 2.05) is 0 Å². The second kappa shape index (κ2) is 11.7. The molecule has 2 amide bonds. The Morgan fingerprint density at radius 1 is 1.02 bits per heavy atom. The first kappa shape index (κ1) is 28.3. The standard InChI is InChI=1S/C28H26ClF3N6O3/c1-33-27(40)21-8-7-19(13-34-21)38-22-9-4-17(30)11-23(22)37(28(38)41)14-15-2-5-18(6-3-15)36-26(39)20-10-16(29)12-35-24(20)25(31)32/h4,7-13,15,18,25H,2-3,5-6,14H2,1H3,(H,33,40)(H,36,39)/t15-,18-. The number of nitrogens with zero attached hydrogens (tertiary/aromatic N) is 4. The van der Waals surface area contributed by atoms with Crippen molar-refractivity contribution in [3.8, 4) is 5.69 Å². The Balaban J connectivity index is 1.33. The third-order valence-electron chi connectivity index (χ3n) is 7.32. The number of benzene rings is 1. The molecule has 9 nitrogen and oxygen atoms in total. The lowest BCUT2D eigenvalue weighted by molar-refractivity contribution is 0.0903. The molecule has 5 rings (SSSR count). The van der Waals surface area contributed by atoms with Gasteiger partial charge in [0.2, 0.25) is 0 Å². The molecule has 0 saturated heterocycles. The van der Waals surface area contributed by atoms with Crippen molar-refractivity contribution in [2.75, 3.05) is 7.05 Å². The molecular weight excluding hydrogens is 561 g/mol. The Hall–Kier alpha value is -4.19. The van der Waals surface area contributed by atoms with Gasteiger partial charge >= 0.3 is 5.69 Å². The normalized spacial score (nSPS) is 17.1. The number of nitrogens with one attached hydrogen (secondary N) is 2. The van der Waals surface area contributed by atoms with Crippen molar-refractivity contribution in [1.29, 1.82) is 0 Å². The van der Waals surface area contributed by atoms with Gasteiger partial charge in [-0.3, -0.25) is 23.7 Å². The number of halogens is 4. The Kier molecular flexibility index (Phi) is 8.11. The fourth-order valence-electron chi connectivity index (χ4n) is 5.25. The average Bonchev–Trinajstić information content (AvgIpc) is 3.23. The van der Waals surface area contributed by atoms with Crippen molar-refractivity contribution >= 4 is 34.4 Å². The number of hydrogen-bond donors (Lipinski definition) is 2. The van der Waals surface area contributed by atoms with Crippen molar-refractivity contribution in [3.63, 3.8) is 0 Å². The zero-order valence-corrected chi connectivity index (χ0v) is 22.7. The summed E-state index contributed by atoms with van der Waals surface area (Å²) in [4.78, 5) is 46.0. The summed E-state index contributed by atoms with van der Waals surface area (Å²) in [5.74, 6) is -1.45. The number of amides is 2. The van der Waals surface area contributed by atoms with E-state index < -0.39 is 23.8 Å². The van der Waals surface area contributed by atoms with Crippen LogP contribution in [-0.4, -0.2) is 44.0 Å². The fourth-order valence-corrected chi connectivity index (χ4v) is 5.41. The number of hydrogen-bond acceptors (Lipinski definition) is 5. The smallest absolute Gasteiger partial charge is 0.333 e. The van der Waals surface area contributed by atoms with Crippen molar-refractivity contribution in [2.24, 2.45) is 5.92 Å². The quantitative estimate of drug-likeness (QED) is 0.327. The molecule has 1 aliphatic carbocycles. The summed E-state index contributed by atoms with van der Waals surface area (Å²) in [7, 11) is 1.49. The zero-order valence-electron chi connectivity index (χ0n) is 21.9. The van der Waals surface area contributed by atoms with E-state index in [4.69, 9.17) is 11.6 Å². The summed E-state index contributed by atoms with van der Waals surface area (Å²) in [6.45, 7) is 0.323. The lowest BCUT2D eigenvalue weighted by atomic mass is 9.85. The summed E-state index contributed by atoms with van der Waals surface area (Å²) in [5.41, 5.74) is 0.299. The van der Waals surface area contributed by atoms with Gasteiger partial charge in [-0.05, 0) is 68.0 Å². The van der Waals surface area contributed by atoms with Gasteiger partial charge in [-0.15, -0.1) is 0 Å². The maximum Gasteiger partial charge on any atom is 0.333 e. The lowest BCUT2D eigenvalue weighted by Crippen LogP contribution is -2.39. The van der Waals surface area contributed by atoms with Gasteiger partial charge < -0.3 is 10.6 Å². The Morgan fingerprint density at radius 2 is 1.78 bits per heavy atom. The van der Waals surface area contributed by atoms with Crippen LogP contribution in [0.3, 0.4) is 0 Å². The minimum atomic E-state index is -2.92. The molecule has 1 fully saturated rings. The molecule has 0 unspecified atom stereocenters. The second-order valence-electron chi connectivity index (χ2n) is 9.92. The van der Waals surface area contributed by atoms with Crippen LogP contribution < -0.4 is 16.3 Å². The molecule has 0 atom stereocenters. The number of carbonyl (C=O) groups excluding carboxylic acids is 2. The Morgan fingerprint density at radius 3 is 2.44 bits per heavy atom. The maximum atomic E-state index is 14.3. The minimum Gasteiger partial charge on any atom is -0.354 e. The number of fused-ring (bicyclic) bond motifs is 1. The topological polar surface area (TPSA) is 111 Å². The van der Waals surface area contributed by atoms with Crippen molar-refractivity contribution < 1.29 is 22.8 Å². The van der Waals surface area contributed by atoms with Gasteiger partial charge in [-0.25, -0.2) is 22.9 Å². The maximum absolute atomic E-state index is 14.3. The highest BCUT2D eigenvalue weighted by Crippen LogP contribution is 2.29. The highest BCUT2D eigenvalue weighted by molar-refractivity contribution is 6.30. The van der Waals surface area contributed by atoms with Gasteiger partial charge in [-0.1, -0.05) is 11.6 Å². The lowest BCUT2D eigenvalue weighted by Gasteiger charge is -2.29. The number of carbonyl (C=O) groups is 2. The van der Waals surface area contributed by atoms with E-state index >= 15 is 0 Å². The molecular formula is C28H26ClF3N6O3. The molecule has 0 aliphatic heterocycles. The number of alkyl halides is 2. The van der Waals surface area contributed by atoms with Crippen LogP contribution in [0, 0.1) is 11.7 Å². The van der Waals surface area contributed by atoms with E-state index in [0.29, 0.717) is 48.9 Å². The van der Waals surface area contributed by atoms with Gasteiger partial charge in [0.15, 0.2) is 0 Å². The third-order valence-corrected chi connectivity index (χ3v) is 7.52. The van der Waals surface area contributed by atoms with E-state index in [-0.39, 0.29) is 39.8 Å². The molecule has 13 heteroatoms. The second-order valence-corrected chi connectivity index (χ2v) is 10.4. The number of aromatic nitrogens is 4. The van der Waals surface area contributed by atoms with Crippen LogP contribution in [0.4, 0.5) is 13.2 Å². The molecule has 2 N–H and O–H groups in total. The van der Waals surface area contributed by atoms with Crippen LogP contribution in [0.2, 0.25) is 5.02 Å². The van der Waals surface area contributed by atoms with Crippen LogP contribution >= 0.6 is 11.6 Å². The molecule has 1 aromatic carbocycles. The molecule has 0 radical (unpaired) electrons. The number of pyridine rings is 2. The summed E-state index contributed by atoms with van der Waals surface area (Å²) < 4.78 is 43.9. The first-order chi connectivity index (χ1) is 19.7. The first-order valence-corrected chi connectivity index (χ1v) is 13.4. The monoisotopic (exact) mass is 586 g/mol. The Labute approximate surface area is 237 Å². The average molecular weight is 587 g/mol. The minimum absolute atomic E-state index is 0.0568. The molecule has 214 valence electrons. The zero-order chi connectivity index (χ0) is 29.3. The highest BCUT2D eigenvalue weighted by atomic mass is 35.5. The van der Waals surface area contributed by atoms with Crippen LogP contribution in [-0.2, 0) is 6.54 Å². The molecule has 0 bridgehead atoms. The van der Waals surface area contributed by atoms with E-state index in [1.165, 1.54) is 52.7 Å². The van der Waals surface area contributed by atoms with E-state index in [1.54, 1.807) is 6.07 Å². The SMILES string of the molecule is CNC(=O)c1ccc(-n2c(=O)n(C[C@H]3CC[C@H](NC(=O)c4cc(Cl)cnc4C(F)F)CC3)c3cc(F)ccc32)cn1. The summed E-state index contributed by atoms with van der Waals surface area (Å²) in [6.07, 6.45) is 2.02. The molecule has 3 aromatic heterocycles. The van der Waals surface area contributed by atoms with E-state index in [2.05, 4.69) is 20.6 Å². The van der Waals surface area contributed by atoms with Crippen molar-refractivity contribution in [1.82, 2.24) is 29.7 Å². The number of imidazole rings is 1. The molecule has 4 aromatic rings. The highest BCUT2D eigenvalue weighted by Gasteiger charge is 2.27. The van der Waals surface area contributed by atoms with E-state index in [0.717, 1.165) is 6.20 Å².